The van der Waals surface area contributed by atoms with Crippen LogP contribution in [0.1, 0.15) is 36.1 Å². The van der Waals surface area contributed by atoms with Crippen LogP contribution in [0.4, 0.5) is 18.9 Å². The Morgan fingerprint density at radius 1 is 1.17 bits per heavy atom. The number of hydrogen-bond donors (Lipinski definition) is 1. The molecule has 1 amide bonds. The number of nitrogens with zero attached hydrogens (tertiary/aromatic N) is 1. The summed E-state index contributed by atoms with van der Waals surface area (Å²) in [5.74, 6) is -0.642. The van der Waals surface area contributed by atoms with E-state index in [2.05, 4.69) is 5.32 Å². The molecule has 0 radical (unpaired) electrons. The van der Waals surface area contributed by atoms with Gasteiger partial charge in [0.25, 0.3) is 0 Å². The Morgan fingerprint density at radius 2 is 1.77 bits per heavy atom. The molecule has 0 aliphatic heterocycles. The number of amides is 1. The maximum Gasteiger partial charge on any atom is 0.417 e. The number of anilines is 1. The van der Waals surface area contributed by atoms with Crippen molar-refractivity contribution in [2.45, 2.75) is 32.5 Å². The molecule has 30 heavy (non-hydrogen) atoms. The van der Waals surface area contributed by atoms with Crippen molar-refractivity contribution in [3.05, 3.63) is 64.2 Å². The third-order valence-corrected chi connectivity index (χ3v) is 5.92. The highest BCUT2D eigenvalue weighted by Gasteiger charge is 2.34. The second kappa shape index (κ2) is 9.26. The van der Waals surface area contributed by atoms with Gasteiger partial charge in [0.05, 0.1) is 28.6 Å². The van der Waals surface area contributed by atoms with E-state index >= 15 is 0 Å². The van der Waals surface area contributed by atoms with Crippen molar-refractivity contribution in [1.29, 1.82) is 0 Å². The lowest BCUT2D eigenvalue weighted by Gasteiger charge is -2.25. The SMILES string of the molecule is CC[C@H](NC(=O)CN(c1ccc(Cl)c(C(F)(F)F)c1)S(C)(=O)=O)c1ccc(C)cc1. The molecule has 164 valence electrons. The molecule has 0 aliphatic rings. The average molecular weight is 463 g/mol. The van der Waals surface area contributed by atoms with Gasteiger partial charge in [-0.25, -0.2) is 8.42 Å². The first-order chi connectivity index (χ1) is 13.8. The van der Waals surface area contributed by atoms with Gasteiger partial charge in [0, 0.05) is 0 Å². The predicted octanol–water partition coefficient (Wildman–Crippen LogP) is 4.70. The fourth-order valence-corrected chi connectivity index (χ4v) is 3.95. The Hall–Kier alpha value is -2.26. The number of halogens is 4. The van der Waals surface area contributed by atoms with Gasteiger partial charge in [-0.1, -0.05) is 48.4 Å². The molecule has 10 heteroatoms. The molecule has 0 saturated heterocycles. The molecule has 1 atom stereocenters. The Morgan fingerprint density at radius 3 is 2.27 bits per heavy atom. The number of alkyl halides is 3. The summed E-state index contributed by atoms with van der Waals surface area (Å²) in [5, 5.41) is 2.18. The van der Waals surface area contributed by atoms with Gasteiger partial charge in [-0.05, 0) is 37.1 Å². The van der Waals surface area contributed by atoms with Crippen molar-refractivity contribution in [2.24, 2.45) is 0 Å². The summed E-state index contributed by atoms with van der Waals surface area (Å²) >= 11 is 5.60. The van der Waals surface area contributed by atoms with Crippen LogP contribution in [-0.2, 0) is 21.0 Å². The molecule has 0 fully saturated rings. The van der Waals surface area contributed by atoms with Gasteiger partial charge in [-0.3, -0.25) is 9.10 Å². The lowest BCUT2D eigenvalue weighted by Crippen LogP contribution is -2.41. The van der Waals surface area contributed by atoms with Gasteiger partial charge < -0.3 is 5.32 Å². The highest BCUT2D eigenvalue weighted by Crippen LogP contribution is 2.37. The van der Waals surface area contributed by atoms with E-state index in [0.717, 1.165) is 29.5 Å². The number of sulfonamides is 1. The molecule has 0 heterocycles. The highest BCUT2D eigenvalue weighted by atomic mass is 35.5. The summed E-state index contributed by atoms with van der Waals surface area (Å²) < 4.78 is 64.5. The van der Waals surface area contributed by atoms with Gasteiger partial charge in [-0.2, -0.15) is 13.2 Å². The number of rotatable bonds is 7. The molecular formula is C20H22ClF3N2O3S. The summed E-state index contributed by atoms with van der Waals surface area (Å²) in [6.45, 7) is 3.11. The largest absolute Gasteiger partial charge is 0.417 e. The van der Waals surface area contributed by atoms with Crippen LogP contribution in [0.5, 0.6) is 0 Å². The fraction of sp³-hybridized carbons (Fsp3) is 0.350. The van der Waals surface area contributed by atoms with Crippen molar-refractivity contribution in [1.82, 2.24) is 5.32 Å². The maximum atomic E-state index is 13.2. The first-order valence-corrected chi connectivity index (χ1v) is 11.3. The molecule has 2 aromatic rings. The second-order valence-corrected chi connectivity index (χ2v) is 9.18. The van der Waals surface area contributed by atoms with E-state index < -0.39 is 39.2 Å². The van der Waals surface area contributed by atoms with Gasteiger partial charge >= 0.3 is 6.18 Å². The summed E-state index contributed by atoms with van der Waals surface area (Å²) in [4.78, 5) is 12.6. The van der Waals surface area contributed by atoms with E-state index in [1.54, 1.807) is 0 Å². The van der Waals surface area contributed by atoms with Crippen LogP contribution in [-0.4, -0.2) is 27.1 Å². The Kier molecular flexibility index (Phi) is 7.41. The minimum absolute atomic E-state index is 0.298. The van der Waals surface area contributed by atoms with Crippen molar-refractivity contribution >= 4 is 33.2 Å². The van der Waals surface area contributed by atoms with E-state index in [1.807, 2.05) is 38.1 Å². The number of nitrogens with one attached hydrogen (secondary N) is 1. The van der Waals surface area contributed by atoms with E-state index in [1.165, 1.54) is 0 Å². The first kappa shape index (κ1) is 24.0. The third kappa shape index (κ3) is 6.12. The van der Waals surface area contributed by atoms with E-state index in [9.17, 15) is 26.4 Å². The minimum Gasteiger partial charge on any atom is -0.348 e. The first-order valence-electron chi connectivity index (χ1n) is 9.03. The second-order valence-electron chi connectivity index (χ2n) is 6.87. The molecule has 0 aromatic heterocycles. The van der Waals surface area contributed by atoms with E-state index in [0.29, 0.717) is 16.8 Å². The monoisotopic (exact) mass is 462 g/mol. The van der Waals surface area contributed by atoms with Gasteiger partial charge in [-0.15, -0.1) is 0 Å². The van der Waals surface area contributed by atoms with Crippen LogP contribution in [0.3, 0.4) is 0 Å². The van der Waals surface area contributed by atoms with Crippen molar-refractivity contribution in [3.8, 4) is 0 Å². The zero-order valence-electron chi connectivity index (χ0n) is 16.6. The number of carbonyl (C=O) groups excluding carboxylic acids is 1. The normalized spacial score (nSPS) is 13.0. The fourth-order valence-electron chi connectivity index (χ4n) is 2.88. The maximum absolute atomic E-state index is 13.2. The van der Waals surface area contributed by atoms with Gasteiger partial charge in [0.1, 0.15) is 6.54 Å². The Labute approximate surface area is 178 Å². The number of aryl methyl sites for hydroxylation is 1. The molecule has 0 saturated carbocycles. The smallest absolute Gasteiger partial charge is 0.348 e. The van der Waals surface area contributed by atoms with E-state index in [4.69, 9.17) is 11.6 Å². The van der Waals surface area contributed by atoms with Crippen LogP contribution >= 0.6 is 11.6 Å². The minimum atomic E-state index is -4.77. The van der Waals surface area contributed by atoms with Crippen LogP contribution in [0.15, 0.2) is 42.5 Å². The summed E-state index contributed by atoms with van der Waals surface area (Å²) in [7, 11) is -4.04. The lowest BCUT2D eigenvalue weighted by atomic mass is 10.0. The molecule has 5 nitrogen and oxygen atoms in total. The quantitative estimate of drug-likeness (QED) is 0.648. The Balaban J connectivity index is 2.29. The summed E-state index contributed by atoms with van der Waals surface area (Å²) in [6, 6.07) is 9.82. The lowest BCUT2D eigenvalue weighted by molar-refractivity contribution is -0.137. The van der Waals surface area contributed by atoms with Crippen LogP contribution < -0.4 is 9.62 Å². The van der Waals surface area contributed by atoms with Crippen LogP contribution in [0, 0.1) is 6.92 Å². The Bertz CT molecular complexity index is 1010. The molecule has 0 aliphatic carbocycles. The topological polar surface area (TPSA) is 66.5 Å². The summed E-state index contributed by atoms with van der Waals surface area (Å²) in [5.41, 5.74) is 0.411. The highest BCUT2D eigenvalue weighted by molar-refractivity contribution is 7.92. The molecule has 2 rings (SSSR count). The zero-order chi connectivity index (χ0) is 22.7. The summed E-state index contributed by atoms with van der Waals surface area (Å²) in [6.07, 6.45) is -3.40. The van der Waals surface area contributed by atoms with Crippen molar-refractivity contribution in [3.63, 3.8) is 0 Å². The van der Waals surface area contributed by atoms with Gasteiger partial charge in [0.15, 0.2) is 0 Å². The van der Waals surface area contributed by atoms with Crippen molar-refractivity contribution < 1.29 is 26.4 Å². The molecule has 0 bridgehead atoms. The van der Waals surface area contributed by atoms with Crippen molar-refractivity contribution in [2.75, 3.05) is 17.1 Å². The standard InChI is InChI=1S/C20H22ClF3N2O3S/c1-4-18(14-7-5-13(2)6-8-14)25-19(27)12-26(30(3,28)29)15-9-10-17(21)16(11-15)20(22,23)24/h5-11,18H,4,12H2,1-3H3,(H,25,27)/t18-/m0/s1. The predicted molar refractivity (Wildman–Crippen MR) is 111 cm³/mol. The molecule has 1 N–H and O–H groups in total. The molecular weight excluding hydrogens is 441 g/mol. The van der Waals surface area contributed by atoms with Crippen LogP contribution in [0.2, 0.25) is 5.02 Å². The number of carbonyl (C=O) groups is 1. The number of benzene rings is 2. The van der Waals surface area contributed by atoms with E-state index in [-0.39, 0.29) is 11.7 Å². The molecule has 0 unspecified atom stereocenters. The number of hydrogen-bond acceptors (Lipinski definition) is 3. The molecule has 0 spiro atoms. The van der Waals surface area contributed by atoms with Crippen LogP contribution in [0.25, 0.3) is 0 Å². The molecule has 2 aromatic carbocycles. The third-order valence-electron chi connectivity index (χ3n) is 4.45. The zero-order valence-corrected chi connectivity index (χ0v) is 18.2. The van der Waals surface area contributed by atoms with Gasteiger partial charge in [0.2, 0.25) is 15.9 Å². The average Bonchev–Trinajstić information content (AvgIpc) is 2.64.